The summed E-state index contributed by atoms with van der Waals surface area (Å²) in [6.07, 6.45) is 1.71. The molecule has 0 radical (unpaired) electrons. The molecule has 0 aromatic heterocycles. The Hall–Kier alpha value is -1.01. The van der Waals surface area contributed by atoms with E-state index in [2.05, 4.69) is 16.8 Å². The second kappa shape index (κ2) is 8.32. The maximum absolute atomic E-state index is 13.4. The number of phenols is 1. The van der Waals surface area contributed by atoms with Crippen molar-refractivity contribution < 1.29 is 9.50 Å². The second-order valence-corrected chi connectivity index (χ2v) is 4.40. The quantitative estimate of drug-likeness (QED) is 0.453. The number of aromatic hydroxyl groups is 1. The number of nitrogens with one attached hydrogen (secondary N) is 1. The van der Waals surface area contributed by atoms with Gasteiger partial charge in [-0.15, -0.1) is 31.4 Å². The smallest absolute Gasteiger partial charge is 0.143 e. The highest BCUT2D eigenvalue weighted by Gasteiger charge is 2.23. The van der Waals surface area contributed by atoms with Gasteiger partial charge >= 0.3 is 0 Å². The van der Waals surface area contributed by atoms with Gasteiger partial charge in [0.25, 0.3) is 0 Å². The Balaban J connectivity index is 0.00000180. The first-order valence-corrected chi connectivity index (χ1v) is 5.98. The third-order valence-corrected chi connectivity index (χ3v) is 3.22. The van der Waals surface area contributed by atoms with Gasteiger partial charge in [-0.05, 0) is 6.07 Å². The van der Waals surface area contributed by atoms with Gasteiger partial charge in [0.05, 0.1) is 11.7 Å². The molecule has 0 unspecified atom stereocenters. The molecule has 0 aliphatic carbocycles. The van der Waals surface area contributed by atoms with Gasteiger partial charge in [-0.1, -0.05) is 6.08 Å². The van der Waals surface area contributed by atoms with Crippen LogP contribution in [0.1, 0.15) is 11.6 Å². The van der Waals surface area contributed by atoms with Crippen LogP contribution in [0.4, 0.5) is 10.1 Å². The Morgan fingerprint density at radius 2 is 1.95 bits per heavy atom. The van der Waals surface area contributed by atoms with Gasteiger partial charge in [-0.25, -0.2) is 4.39 Å². The number of nitrogen functional groups attached to an aromatic ring is 1. The molecular weight excluding hydrogens is 304 g/mol. The van der Waals surface area contributed by atoms with E-state index in [1.54, 1.807) is 6.08 Å². The Bertz CT molecular complexity index is 453. The number of halogens is 3. The van der Waals surface area contributed by atoms with Crippen molar-refractivity contribution in [3.05, 3.63) is 36.2 Å². The van der Waals surface area contributed by atoms with Gasteiger partial charge < -0.3 is 16.2 Å². The Kier molecular flexibility index (Phi) is 7.90. The summed E-state index contributed by atoms with van der Waals surface area (Å²) in [5.41, 5.74) is 6.13. The van der Waals surface area contributed by atoms with Crippen molar-refractivity contribution in [2.24, 2.45) is 0 Å². The van der Waals surface area contributed by atoms with Crippen LogP contribution in [-0.4, -0.2) is 36.2 Å². The average Bonchev–Trinajstić information content (AvgIpc) is 2.37. The van der Waals surface area contributed by atoms with Crippen LogP contribution in [0.15, 0.2) is 24.8 Å². The van der Waals surface area contributed by atoms with Crippen molar-refractivity contribution in [2.75, 3.05) is 31.9 Å². The molecule has 0 bridgehead atoms. The fourth-order valence-corrected chi connectivity index (χ4v) is 2.30. The monoisotopic (exact) mass is 323 g/mol. The predicted octanol–water partition coefficient (Wildman–Crippen LogP) is 2.09. The molecular formula is C13H20Cl2FN3O. The third kappa shape index (κ3) is 3.99. The lowest BCUT2D eigenvalue weighted by Crippen LogP contribution is -2.44. The largest absolute Gasteiger partial charge is 0.505 e. The maximum atomic E-state index is 13.4. The summed E-state index contributed by atoms with van der Waals surface area (Å²) in [5, 5.41) is 13.2. The summed E-state index contributed by atoms with van der Waals surface area (Å²) >= 11 is 0. The lowest BCUT2D eigenvalue weighted by Gasteiger charge is -2.33. The van der Waals surface area contributed by atoms with Crippen molar-refractivity contribution in [3.8, 4) is 5.75 Å². The lowest BCUT2D eigenvalue weighted by molar-refractivity contribution is 0.200. The van der Waals surface area contributed by atoms with Gasteiger partial charge in [0.2, 0.25) is 0 Å². The standard InChI is InChI=1S/C13H18FN3O.2ClH/c1-2-12(17-5-3-16-4-6-17)10-7-9(14)8-11(15)13(10)18;;/h2,7-8,12,16,18H,1,3-6,15H2;2*1H/t12-;;/m0../s1. The van der Waals surface area contributed by atoms with Gasteiger partial charge in [0.1, 0.15) is 11.6 Å². The summed E-state index contributed by atoms with van der Waals surface area (Å²) in [4.78, 5) is 2.14. The van der Waals surface area contributed by atoms with Crippen LogP contribution in [0.3, 0.4) is 0 Å². The van der Waals surface area contributed by atoms with Crippen LogP contribution in [-0.2, 0) is 0 Å². The van der Waals surface area contributed by atoms with E-state index in [0.717, 1.165) is 32.2 Å². The van der Waals surface area contributed by atoms with Crippen molar-refractivity contribution >= 4 is 30.5 Å². The first kappa shape index (κ1) is 19.0. The van der Waals surface area contributed by atoms with E-state index in [4.69, 9.17) is 5.73 Å². The molecule has 0 amide bonds. The number of phenolic OH excluding ortho intramolecular Hbond substituents is 1. The SMILES string of the molecule is C=C[C@@H](c1cc(F)cc(N)c1O)N1CCNCC1.Cl.Cl. The average molecular weight is 324 g/mol. The Morgan fingerprint density at radius 1 is 1.35 bits per heavy atom. The molecule has 7 heteroatoms. The van der Waals surface area contributed by atoms with Crippen LogP contribution in [0, 0.1) is 5.82 Å². The minimum Gasteiger partial charge on any atom is -0.505 e. The molecule has 1 fully saturated rings. The van der Waals surface area contributed by atoms with E-state index in [1.165, 1.54) is 6.07 Å². The highest BCUT2D eigenvalue weighted by Crippen LogP contribution is 2.34. The van der Waals surface area contributed by atoms with Crippen LogP contribution in [0.2, 0.25) is 0 Å². The minimum atomic E-state index is -0.442. The van der Waals surface area contributed by atoms with Gasteiger partial charge in [-0.2, -0.15) is 0 Å². The normalized spacial score (nSPS) is 16.6. The number of hydrogen-bond acceptors (Lipinski definition) is 4. The summed E-state index contributed by atoms with van der Waals surface area (Å²) in [7, 11) is 0. The second-order valence-electron chi connectivity index (χ2n) is 4.40. The summed E-state index contributed by atoms with van der Waals surface area (Å²) in [6, 6.07) is 2.22. The van der Waals surface area contributed by atoms with Crippen LogP contribution >= 0.6 is 24.8 Å². The molecule has 1 aliphatic heterocycles. The molecule has 0 saturated carbocycles. The number of benzene rings is 1. The van der Waals surface area contributed by atoms with Crippen LogP contribution in [0.25, 0.3) is 0 Å². The fourth-order valence-electron chi connectivity index (χ4n) is 2.30. The number of nitrogens with zero attached hydrogens (tertiary/aromatic N) is 1. The fraction of sp³-hybridized carbons (Fsp3) is 0.385. The Morgan fingerprint density at radius 3 is 2.50 bits per heavy atom. The van der Waals surface area contributed by atoms with Crippen molar-refractivity contribution in [1.82, 2.24) is 10.2 Å². The van der Waals surface area contributed by atoms with Crippen molar-refractivity contribution in [3.63, 3.8) is 0 Å². The van der Waals surface area contributed by atoms with E-state index in [1.807, 2.05) is 0 Å². The lowest BCUT2D eigenvalue weighted by atomic mass is 10.0. The van der Waals surface area contributed by atoms with E-state index >= 15 is 0 Å². The zero-order valence-corrected chi connectivity index (χ0v) is 12.6. The minimum absolute atomic E-state index is 0. The van der Waals surface area contributed by atoms with Gasteiger partial charge in [-0.3, -0.25) is 4.90 Å². The number of anilines is 1. The molecule has 0 spiro atoms. The van der Waals surface area contributed by atoms with Crippen LogP contribution in [0.5, 0.6) is 5.75 Å². The third-order valence-electron chi connectivity index (χ3n) is 3.22. The molecule has 4 nitrogen and oxygen atoms in total. The van der Waals surface area contributed by atoms with E-state index in [0.29, 0.717) is 5.56 Å². The number of piperazine rings is 1. The molecule has 1 aromatic carbocycles. The molecule has 1 saturated heterocycles. The highest BCUT2D eigenvalue weighted by molar-refractivity contribution is 5.85. The van der Waals surface area contributed by atoms with E-state index in [-0.39, 0.29) is 42.3 Å². The number of nitrogens with two attached hydrogens (primary N) is 1. The summed E-state index contributed by atoms with van der Waals surface area (Å²) in [5.74, 6) is -0.498. The molecule has 1 atom stereocenters. The molecule has 2 rings (SSSR count). The molecule has 4 N–H and O–H groups in total. The first-order chi connectivity index (χ1) is 8.63. The molecule has 114 valence electrons. The van der Waals surface area contributed by atoms with Gasteiger partial charge in [0.15, 0.2) is 0 Å². The van der Waals surface area contributed by atoms with Gasteiger partial charge in [0, 0.05) is 37.8 Å². The predicted molar refractivity (Wildman–Crippen MR) is 84.4 cm³/mol. The summed E-state index contributed by atoms with van der Waals surface area (Å²) in [6.45, 7) is 7.17. The number of rotatable bonds is 3. The molecule has 20 heavy (non-hydrogen) atoms. The molecule has 1 heterocycles. The van der Waals surface area contributed by atoms with E-state index < -0.39 is 5.82 Å². The van der Waals surface area contributed by atoms with Crippen LogP contribution < -0.4 is 11.1 Å². The number of hydrogen-bond donors (Lipinski definition) is 3. The zero-order chi connectivity index (χ0) is 13.1. The van der Waals surface area contributed by atoms with E-state index in [9.17, 15) is 9.50 Å². The highest BCUT2D eigenvalue weighted by atomic mass is 35.5. The molecule has 1 aliphatic rings. The first-order valence-electron chi connectivity index (χ1n) is 5.98. The van der Waals surface area contributed by atoms with Crippen molar-refractivity contribution in [1.29, 1.82) is 0 Å². The summed E-state index contributed by atoms with van der Waals surface area (Å²) < 4.78 is 13.4. The zero-order valence-electron chi connectivity index (χ0n) is 11.0. The topological polar surface area (TPSA) is 61.5 Å². The molecule has 1 aromatic rings. The Labute approximate surface area is 130 Å². The maximum Gasteiger partial charge on any atom is 0.143 e. The van der Waals surface area contributed by atoms with Crippen molar-refractivity contribution in [2.45, 2.75) is 6.04 Å².